The van der Waals surface area contributed by atoms with E-state index in [1.54, 1.807) is 6.92 Å². The fraction of sp³-hybridized carbons (Fsp3) is 0.353. The minimum Gasteiger partial charge on any atom is -0.348 e. The molecule has 1 aromatic rings. The number of nitrogens with two attached hydrogens (primary N) is 1. The summed E-state index contributed by atoms with van der Waals surface area (Å²) in [6.45, 7) is 2.10. The Bertz CT molecular complexity index is 744. The van der Waals surface area contributed by atoms with Crippen LogP contribution in [0.2, 0.25) is 0 Å². The Hall–Kier alpha value is -2.61. The largest absolute Gasteiger partial charge is 0.348 e. The number of nitrogens with zero attached hydrogens (tertiary/aromatic N) is 1. The molecule has 0 saturated carbocycles. The molecule has 1 aromatic heterocycles. The number of amides is 2. The summed E-state index contributed by atoms with van der Waals surface area (Å²) in [5.74, 6) is -1.89. The third-order valence-corrected chi connectivity index (χ3v) is 4.07. The van der Waals surface area contributed by atoms with Gasteiger partial charge in [0, 0.05) is 36.7 Å². The number of aromatic nitrogens is 1. The molecule has 1 aliphatic rings. The van der Waals surface area contributed by atoms with Gasteiger partial charge in [0.1, 0.15) is 11.6 Å². The van der Waals surface area contributed by atoms with Crippen LogP contribution >= 0.6 is 0 Å². The highest BCUT2D eigenvalue weighted by Crippen LogP contribution is 2.31. The van der Waals surface area contributed by atoms with E-state index in [9.17, 15) is 18.4 Å². The molecule has 8 heteroatoms. The second-order valence-electron chi connectivity index (χ2n) is 6.06. The van der Waals surface area contributed by atoms with Gasteiger partial charge in [0.25, 0.3) is 5.91 Å². The van der Waals surface area contributed by atoms with Gasteiger partial charge < -0.3 is 16.4 Å². The number of carbonyl (C=O) groups excluding carboxylic acids is 2. The molecule has 1 aliphatic carbocycles. The molecule has 0 bridgehead atoms. The number of nitrogens with one attached hydrogen (secondary N) is 2. The number of anilines is 1. The molecule has 6 nitrogen and oxygen atoms in total. The standard InChI is InChI=1S/C17H20F2N4O2/c1-10(24)23-15-5-11(3-4-21-15)16(25)22-9-13-7-14(19)6-12(8-18)17(13,2)20/h3-7,12H,8-9,20H2,1-2H3,(H,22,25)(H,21,23,24). The number of hydrogen-bond acceptors (Lipinski definition) is 4. The van der Waals surface area contributed by atoms with Crippen LogP contribution in [0, 0.1) is 5.92 Å². The predicted octanol–water partition coefficient (Wildman–Crippen LogP) is 1.87. The van der Waals surface area contributed by atoms with Crippen molar-refractivity contribution in [2.24, 2.45) is 11.7 Å². The molecule has 0 saturated heterocycles. The molecule has 4 N–H and O–H groups in total. The van der Waals surface area contributed by atoms with Gasteiger partial charge in [-0.3, -0.25) is 14.0 Å². The molecular weight excluding hydrogens is 330 g/mol. The van der Waals surface area contributed by atoms with Crippen molar-refractivity contribution < 1.29 is 18.4 Å². The second-order valence-corrected chi connectivity index (χ2v) is 6.06. The number of alkyl halides is 1. The molecule has 134 valence electrons. The molecule has 0 spiro atoms. The maximum atomic E-state index is 13.6. The molecule has 2 amide bonds. The van der Waals surface area contributed by atoms with Crippen LogP contribution in [0.3, 0.4) is 0 Å². The Kier molecular flexibility index (Phi) is 5.63. The summed E-state index contributed by atoms with van der Waals surface area (Å²) in [5, 5.41) is 5.10. The molecule has 2 unspecified atom stereocenters. The van der Waals surface area contributed by atoms with Gasteiger partial charge in [-0.05, 0) is 36.8 Å². The highest BCUT2D eigenvalue weighted by molar-refractivity contribution is 5.96. The summed E-state index contributed by atoms with van der Waals surface area (Å²) in [7, 11) is 0. The van der Waals surface area contributed by atoms with Gasteiger partial charge in [0.05, 0.1) is 6.67 Å². The highest BCUT2D eigenvalue weighted by Gasteiger charge is 2.36. The van der Waals surface area contributed by atoms with Crippen molar-refractivity contribution >= 4 is 17.6 Å². The summed E-state index contributed by atoms with van der Waals surface area (Å²) < 4.78 is 26.7. The van der Waals surface area contributed by atoms with Crippen molar-refractivity contribution in [1.29, 1.82) is 0 Å². The fourth-order valence-electron chi connectivity index (χ4n) is 2.52. The Morgan fingerprint density at radius 2 is 2.16 bits per heavy atom. The van der Waals surface area contributed by atoms with Crippen molar-refractivity contribution in [3.8, 4) is 0 Å². The van der Waals surface area contributed by atoms with Gasteiger partial charge in [-0.1, -0.05) is 0 Å². The summed E-state index contributed by atoms with van der Waals surface area (Å²) in [4.78, 5) is 27.2. The van der Waals surface area contributed by atoms with Crippen LogP contribution in [0.15, 0.2) is 41.9 Å². The SMILES string of the molecule is CC(=O)Nc1cc(C(=O)NCC2=CC(F)=CC(CF)C2(C)N)ccn1. The number of hydrogen-bond donors (Lipinski definition) is 3. The minimum absolute atomic E-state index is 0.0264. The fourth-order valence-corrected chi connectivity index (χ4v) is 2.52. The average Bonchev–Trinajstić information content (AvgIpc) is 2.54. The van der Waals surface area contributed by atoms with Gasteiger partial charge in [-0.2, -0.15) is 0 Å². The predicted molar refractivity (Wildman–Crippen MR) is 90.2 cm³/mol. The third kappa shape index (κ3) is 4.48. The molecule has 0 radical (unpaired) electrons. The number of allylic oxidation sites excluding steroid dienone is 2. The second kappa shape index (κ2) is 7.52. The summed E-state index contributed by atoms with van der Waals surface area (Å²) >= 11 is 0. The van der Waals surface area contributed by atoms with Gasteiger partial charge in [-0.25, -0.2) is 9.37 Å². The lowest BCUT2D eigenvalue weighted by Crippen LogP contribution is -2.50. The van der Waals surface area contributed by atoms with E-state index in [0.717, 1.165) is 6.08 Å². The van der Waals surface area contributed by atoms with Crippen LogP contribution in [0.1, 0.15) is 24.2 Å². The van der Waals surface area contributed by atoms with Gasteiger partial charge >= 0.3 is 0 Å². The van der Waals surface area contributed by atoms with Crippen LogP contribution in [-0.4, -0.2) is 35.6 Å². The number of carbonyl (C=O) groups is 2. The van der Waals surface area contributed by atoms with E-state index >= 15 is 0 Å². The lowest BCUT2D eigenvalue weighted by atomic mass is 9.77. The van der Waals surface area contributed by atoms with E-state index in [1.165, 1.54) is 31.3 Å². The van der Waals surface area contributed by atoms with E-state index in [2.05, 4.69) is 15.6 Å². The zero-order valence-corrected chi connectivity index (χ0v) is 14.0. The first-order chi connectivity index (χ1) is 11.7. The zero-order valence-electron chi connectivity index (χ0n) is 14.0. The first-order valence-electron chi connectivity index (χ1n) is 7.69. The van der Waals surface area contributed by atoms with E-state index in [-0.39, 0.29) is 23.8 Å². The molecule has 25 heavy (non-hydrogen) atoms. The molecule has 1 heterocycles. The van der Waals surface area contributed by atoms with Gasteiger partial charge in [0.2, 0.25) is 5.91 Å². The van der Waals surface area contributed by atoms with Crippen LogP contribution in [0.25, 0.3) is 0 Å². The minimum atomic E-state index is -1.10. The lowest BCUT2D eigenvalue weighted by Gasteiger charge is -2.36. The Morgan fingerprint density at radius 3 is 2.80 bits per heavy atom. The van der Waals surface area contributed by atoms with Crippen molar-refractivity contribution in [2.45, 2.75) is 19.4 Å². The summed E-state index contributed by atoms with van der Waals surface area (Å²) in [6.07, 6.45) is 3.74. The number of pyridine rings is 1. The van der Waals surface area contributed by atoms with Crippen LogP contribution < -0.4 is 16.4 Å². The Labute approximate surface area is 144 Å². The third-order valence-electron chi connectivity index (χ3n) is 4.07. The lowest BCUT2D eigenvalue weighted by molar-refractivity contribution is -0.114. The number of halogens is 2. The first-order valence-corrected chi connectivity index (χ1v) is 7.69. The molecule has 0 aromatic carbocycles. The van der Waals surface area contributed by atoms with Crippen molar-refractivity contribution in [1.82, 2.24) is 10.3 Å². The normalized spacial score (nSPS) is 22.7. The van der Waals surface area contributed by atoms with Crippen LogP contribution in [0.5, 0.6) is 0 Å². The molecular formula is C17H20F2N4O2. The maximum absolute atomic E-state index is 13.6. The zero-order chi connectivity index (χ0) is 18.6. The van der Waals surface area contributed by atoms with Gasteiger partial charge in [0.15, 0.2) is 0 Å². The molecule has 2 rings (SSSR count). The molecule has 0 fully saturated rings. The van der Waals surface area contributed by atoms with Gasteiger partial charge in [-0.15, -0.1) is 0 Å². The van der Waals surface area contributed by atoms with E-state index in [4.69, 9.17) is 5.73 Å². The number of rotatable bonds is 5. The topological polar surface area (TPSA) is 97.1 Å². The molecule has 2 atom stereocenters. The van der Waals surface area contributed by atoms with E-state index in [1.807, 2.05) is 0 Å². The van der Waals surface area contributed by atoms with Crippen molar-refractivity contribution in [3.05, 3.63) is 47.4 Å². The van der Waals surface area contributed by atoms with Crippen molar-refractivity contribution in [2.75, 3.05) is 18.5 Å². The Balaban J connectivity index is 2.09. The monoisotopic (exact) mass is 350 g/mol. The highest BCUT2D eigenvalue weighted by atomic mass is 19.1. The van der Waals surface area contributed by atoms with E-state index < -0.39 is 29.9 Å². The molecule has 0 aliphatic heterocycles. The quantitative estimate of drug-likeness (QED) is 0.755. The summed E-state index contributed by atoms with van der Waals surface area (Å²) in [6, 6.07) is 2.89. The van der Waals surface area contributed by atoms with E-state index in [0.29, 0.717) is 5.57 Å². The first kappa shape index (κ1) is 18.7. The Morgan fingerprint density at radius 1 is 1.44 bits per heavy atom. The average molecular weight is 350 g/mol. The van der Waals surface area contributed by atoms with Crippen molar-refractivity contribution in [3.63, 3.8) is 0 Å². The summed E-state index contributed by atoms with van der Waals surface area (Å²) in [5.41, 5.74) is 5.67. The van der Waals surface area contributed by atoms with Crippen LogP contribution in [-0.2, 0) is 4.79 Å². The van der Waals surface area contributed by atoms with Crippen LogP contribution in [0.4, 0.5) is 14.6 Å². The maximum Gasteiger partial charge on any atom is 0.251 e. The smallest absolute Gasteiger partial charge is 0.251 e.